The molecule has 2 rings (SSSR count). The van der Waals surface area contributed by atoms with Crippen molar-refractivity contribution in [2.24, 2.45) is 0 Å². The van der Waals surface area contributed by atoms with Gasteiger partial charge in [-0.2, -0.15) is 0 Å². The molecular weight excluding hydrogens is 230 g/mol. The van der Waals surface area contributed by atoms with Crippen molar-refractivity contribution in [2.75, 3.05) is 11.4 Å². The minimum Gasteiger partial charge on any atom is -0.439 e. The molecule has 0 atom stereocenters. The molecule has 0 unspecified atom stereocenters. The van der Waals surface area contributed by atoms with E-state index in [0.29, 0.717) is 23.9 Å². The lowest BCUT2D eigenvalue weighted by Gasteiger charge is -2.41. The van der Waals surface area contributed by atoms with E-state index in [1.807, 2.05) is 18.7 Å². The summed E-state index contributed by atoms with van der Waals surface area (Å²) in [5.74, 6) is 0.463. The van der Waals surface area contributed by atoms with Crippen molar-refractivity contribution >= 4 is 23.4 Å². The van der Waals surface area contributed by atoms with Gasteiger partial charge in [0.25, 0.3) is 0 Å². The summed E-state index contributed by atoms with van der Waals surface area (Å²) < 4.78 is 5.26. The zero-order valence-electron chi connectivity index (χ0n) is 9.11. The maximum atomic E-state index is 11.2. The largest absolute Gasteiger partial charge is 0.439 e. The van der Waals surface area contributed by atoms with Crippen LogP contribution in [0.25, 0.3) is 0 Å². The first-order valence-electron chi connectivity index (χ1n) is 4.98. The van der Waals surface area contributed by atoms with Gasteiger partial charge >= 0.3 is 5.97 Å². The number of aromatic nitrogens is 2. The third-order valence-corrected chi connectivity index (χ3v) is 2.65. The Balaban J connectivity index is 2.26. The average Bonchev–Trinajstić information content (AvgIpc) is 2.18. The topological polar surface area (TPSA) is 55.3 Å². The van der Waals surface area contributed by atoms with Crippen molar-refractivity contribution in [3.8, 4) is 0 Å². The van der Waals surface area contributed by atoms with Crippen molar-refractivity contribution in [1.29, 1.82) is 0 Å². The molecule has 1 fully saturated rings. The van der Waals surface area contributed by atoms with Crippen molar-refractivity contribution in [3.63, 3.8) is 0 Å². The summed E-state index contributed by atoms with van der Waals surface area (Å²) in [7, 11) is 0. The van der Waals surface area contributed by atoms with Gasteiger partial charge in [0.1, 0.15) is 0 Å². The van der Waals surface area contributed by atoms with Crippen LogP contribution >= 0.6 is 11.6 Å². The van der Waals surface area contributed by atoms with E-state index < -0.39 is 5.72 Å². The summed E-state index contributed by atoms with van der Waals surface area (Å²) in [6.45, 7) is 4.21. The quantitative estimate of drug-likeness (QED) is 0.700. The number of esters is 1. The van der Waals surface area contributed by atoms with E-state index in [1.54, 1.807) is 12.1 Å². The zero-order valence-corrected chi connectivity index (χ0v) is 9.86. The number of carbonyl (C=O) groups excluding carboxylic acids is 1. The Kier molecular flexibility index (Phi) is 2.71. The first-order valence-corrected chi connectivity index (χ1v) is 5.35. The lowest BCUT2D eigenvalue weighted by Crippen LogP contribution is -2.52. The van der Waals surface area contributed by atoms with E-state index in [4.69, 9.17) is 16.3 Å². The molecule has 1 aliphatic rings. The Labute approximate surface area is 98.4 Å². The summed E-state index contributed by atoms with van der Waals surface area (Å²) in [4.78, 5) is 13.1. The van der Waals surface area contributed by atoms with Crippen molar-refractivity contribution in [1.82, 2.24) is 10.2 Å². The number of nitrogens with zero attached hydrogens (tertiary/aromatic N) is 3. The number of hydrogen-bond donors (Lipinski definition) is 0. The third-order valence-electron chi connectivity index (χ3n) is 2.45. The summed E-state index contributed by atoms with van der Waals surface area (Å²) in [6.07, 6.45) is 0.355. The standard InChI is InChI=1S/C10H12ClN3O2/c1-10(2)14(6-5-9(15)16-10)8-4-3-7(11)12-13-8/h3-4H,5-6H2,1-2H3. The molecule has 0 saturated carbocycles. The Bertz CT molecular complexity index is 405. The predicted octanol–water partition coefficient (Wildman–Crippen LogP) is 1.62. The van der Waals surface area contributed by atoms with Gasteiger partial charge in [-0.1, -0.05) is 11.6 Å². The Morgan fingerprint density at radius 3 is 2.75 bits per heavy atom. The molecule has 1 aromatic heterocycles. The van der Waals surface area contributed by atoms with Gasteiger partial charge in [-0.05, 0) is 26.0 Å². The molecular formula is C10H12ClN3O2. The fourth-order valence-corrected chi connectivity index (χ4v) is 1.80. The highest BCUT2D eigenvalue weighted by Crippen LogP contribution is 2.27. The van der Waals surface area contributed by atoms with Crippen LogP contribution in [0, 0.1) is 0 Å². The molecule has 1 aromatic rings. The molecule has 0 spiro atoms. The van der Waals surface area contributed by atoms with Gasteiger partial charge in [-0.25, -0.2) is 0 Å². The molecule has 1 aliphatic heterocycles. The van der Waals surface area contributed by atoms with Crippen molar-refractivity contribution in [2.45, 2.75) is 26.0 Å². The molecule has 0 aromatic carbocycles. The number of rotatable bonds is 1. The Morgan fingerprint density at radius 1 is 1.44 bits per heavy atom. The van der Waals surface area contributed by atoms with Crippen LogP contribution in [0.5, 0.6) is 0 Å². The van der Waals surface area contributed by atoms with Gasteiger partial charge in [-0.3, -0.25) is 4.79 Å². The number of anilines is 1. The minimum absolute atomic E-state index is 0.192. The monoisotopic (exact) mass is 241 g/mol. The van der Waals surface area contributed by atoms with Crippen molar-refractivity contribution < 1.29 is 9.53 Å². The van der Waals surface area contributed by atoms with Crippen LogP contribution < -0.4 is 4.90 Å². The summed E-state index contributed by atoms with van der Waals surface area (Å²) in [5.41, 5.74) is -0.697. The first kappa shape index (κ1) is 11.1. The maximum absolute atomic E-state index is 11.2. The highest BCUT2D eigenvalue weighted by atomic mass is 35.5. The molecule has 0 N–H and O–H groups in total. The molecule has 0 radical (unpaired) electrons. The van der Waals surface area contributed by atoms with Gasteiger partial charge in [0, 0.05) is 6.54 Å². The highest BCUT2D eigenvalue weighted by Gasteiger charge is 2.36. The molecule has 1 saturated heterocycles. The van der Waals surface area contributed by atoms with E-state index in [-0.39, 0.29) is 5.97 Å². The van der Waals surface area contributed by atoms with Gasteiger partial charge < -0.3 is 9.64 Å². The number of halogens is 1. The molecule has 0 aliphatic carbocycles. The van der Waals surface area contributed by atoms with Gasteiger partial charge in [0.15, 0.2) is 16.7 Å². The van der Waals surface area contributed by atoms with E-state index in [2.05, 4.69) is 10.2 Å². The maximum Gasteiger partial charge on any atom is 0.309 e. The molecule has 6 heteroatoms. The van der Waals surface area contributed by atoms with Crippen LogP contribution in [-0.2, 0) is 9.53 Å². The zero-order chi connectivity index (χ0) is 11.8. The van der Waals surface area contributed by atoms with Gasteiger partial charge in [0.05, 0.1) is 6.42 Å². The number of hydrogen-bond acceptors (Lipinski definition) is 5. The number of cyclic esters (lactones) is 1. The highest BCUT2D eigenvalue weighted by molar-refractivity contribution is 6.29. The second kappa shape index (κ2) is 3.90. The van der Waals surface area contributed by atoms with Crippen LogP contribution in [0.1, 0.15) is 20.3 Å². The van der Waals surface area contributed by atoms with Crippen LogP contribution in [0.4, 0.5) is 5.82 Å². The summed E-state index contributed by atoms with van der Waals surface area (Å²) in [5, 5.41) is 8.09. The van der Waals surface area contributed by atoms with E-state index in [1.165, 1.54) is 0 Å². The Hall–Kier alpha value is -1.36. The predicted molar refractivity (Wildman–Crippen MR) is 59.2 cm³/mol. The molecule has 86 valence electrons. The minimum atomic E-state index is -0.697. The lowest BCUT2D eigenvalue weighted by atomic mass is 10.2. The van der Waals surface area contributed by atoms with Crippen LogP contribution in [0.15, 0.2) is 12.1 Å². The van der Waals surface area contributed by atoms with Gasteiger partial charge in [0.2, 0.25) is 0 Å². The second-order valence-corrected chi connectivity index (χ2v) is 4.42. The normalized spacial score (nSPS) is 19.4. The van der Waals surface area contributed by atoms with Gasteiger partial charge in [-0.15, -0.1) is 10.2 Å². The molecule has 2 heterocycles. The molecule has 0 amide bonds. The summed E-state index contributed by atoms with van der Waals surface area (Å²) in [6, 6.07) is 3.42. The molecule has 0 bridgehead atoms. The van der Waals surface area contributed by atoms with E-state index in [9.17, 15) is 4.79 Å². The fourth-order valence-electron chi connectivity index (χ4n) is 1.70. The number of carbonyl (C=O) groups is 1. The van der Waals surface area contributed by atoms with E-state index >= 15 is 0 Å². The smallest absolute Gasteiger partial charge is 0.309 e. The number of ether oxygens (including phenoxy) is 1. The van der Waals surface area contributed by atoms with E-state index in [0.717, 1.165) is 0 Å². The molecule has 16 heavy (non-hydrogen) atoms. The van der Waals surface area contributed by atoms with Crippen LogP contribution in [0.3, 0.4) is 0 Å². The van der Waals surface area contributed by atoms with Crippen LogP contribution in [0.2, 0.25) is 5.15 Å². The molecule has 5 nitrogen and oxygen atoms in total. The first-order chi connectivity index (χ1) is 7.49. The summed E-state index contributed by atoms with van der Waals surface area (Å²) >= 11 is 5.67. The SMILES string of the molecule is CC1(C)OC(=O)CCN1c1ccc(Cl)nn1. The second-order valence-electron chi connectivity index (χ2n) is 4.04. The third kappa shape index (κ3) is 2.09. The lowest BCUT2D eigenvalue weighted by molar-refractivity contribution is -0.160. The van der Waals surface area contributed by atoms with Crippen LogP contribution in [-0.4, -0.2) is 28.4 Å². The Morgan fingerprint density at radius 2 is 2.19 bits per heavy atom. The van der Waals surface area contributed by atoms with Crippen molar-refractivity contribution in [3.05, 3.63) is 17.3 Å². The average molecular weight is 242 g/mol. The fraction of sp³-hybridized carbons (Fsp3) is 0.500.